The third kappa shape index (κ3) is 3.31. The number of pyridine rings is 1. The number of carbonyl (C=O) groups excluding carboxylic acids is 1. The molecule has 3 aromatic heterocycles. The van der Waals surface area contributed by atoms with Crippen LogP contribution in [0, 0.1) is 11.7 Å². The number of thioether (sulfide) groups is 1. The fourth-order valence-electron chi connectivity index (χ4n) is 3.71. The molecule has 2 N–H and O–H groups in total. The minimum atomic E-state index is -1.07. The maximum atomic E-state index is 15.3. The lowest BCUT2D eigenvalue weighted by atomic mass is 10.0. The summed E-state index contributed by atoms with van der Waals surface area (Å²) >= 11 is 1.29. The second-order valence-corrected chi connectivity index (χ2v) is 8.12. The van der Waals surface area contributed by atoms with Crippen molar-refractivity contribution in [2.75, 3.05) is 18.2 Å². The summed E-state index contributed by atoms with van der Waals surface area (Å²) in [7, 11) is 0. The van der Waals surface area contributed by atoms with E-state index in [1.54, 1.807) is 29.8 Å². The van der Waals surface area contributed by atoms with Crippen molar-refractivity contribution < 1.29 is 18.3 Å². The van der Waals surface area contributed by atoms with Gasteiger partial charge in [-0.05, 0) is 31.7 Å². The van der Waals surface area contributed by atoms with Crippen LogP contribution in [0.4, 0.5) is 14.6 Å². The van der Waals surface area contributed by atoms with E-state index in [0.29, 0.717) is 34.0 Å². The number of nitrogens with zero attached hydrogens (tertiary/aromatic N) is 3. The normalized spacial score (nSPS) is 17.9. The molecule has 0 radical (unpaired) electrons. The summed E-state index contributed by atoms with van der Waals surface area (Å²) in [5, 5.41) is 10.3. The molecule has 7 nitrogen and oxygen atoms in total. The van der Waals surface area contributed by atoms with E-state index in [9.17, 15) is 9.18 Å². The Kier molecular flexibility index (Phi) is 4.81. The smallest absolute Gasteiger partial charge is 0.231 e. The molecular formula is C21H19F2N5O2S. The molecule has 1 fully saturated rings. The standard InChI is InChI=1S/C21H19F2N5O2S/c1-3-30-19-17(23)20(31-2)16(12-7-24-27-18(12)19)10-4-5-15-25-14(9-28(15)8-10)26-21(29)11-6-13(11)22/h4-5,7-9,11,13H,3,6H2,1-2H3,(H,24,27)(H,26,29)/t11-,13+/m1/s1. The van der Waals surface area contributed by atoms with Gasteiger partial charge in [-0.1, -0.05) is 0 Å². The molecule has 160 valence electrons. The van der Waals surface area contributed by atoms with Crippen LogP contribution in [0.3, 0.4) is 0 Å². The number of aromatic nitrogens is 4. The van der Waals surface area contributed by atoms with E-state index < -0.39 is 17.9 Å². The van der Waals surface area contributed by atoms with Gasteiger partial charge in [-0.15, -0.1) is 11.8 Å². The molecule has 31 heavy (non-hydrogen) atoms. The first-order valence-corrected chi connectivity index (χ1v) is 11.0. The Labute approximate surface area is 180 Å². The number of H-pyrrole nitrogens is 1. The van der Waals surface area contributed by atoms with Gasteiger partial charge in [0.2, 0.25) is 5.91 Å². The van der Waals surface area contributed by atoms with Crippen LogP contribution in [0.1, 0.15) is 13.3 Å². The van der Waals surface area contributed by atoms with Gasteiger partial charge in [0.05, 0.1) is 29.8 Å². The first-order valence-electron chi connectivity index (χ1n) is 9.81. The zero-order valence-electron chi connectivity index (χ0n) is 16.8. The van der Waals surface area contributed by atoms with E-state index in [1.807, 2.05) is 18.5 Å². The highest BCUT2D eigenvalue weighted by Crippen LogP contribution is 2.43. The highest BCUT2D eigenvalue weighted by atomic mass is 32.2. The van der Waals surface area contributed by atoms with Crippen LogP contribution in [0.25, 0.3) is 27.7 Å². The maximum absolute atomic E-state index is 15.3. The van der Waals surface area contributed by atoms with Gasteiger partial charge in [-0.25, -0.2) is 13.8 Å². The summed E-state index contributed by atoms with van der Waals surface area (Å²) in [5.41, 5.74) is 2.55. The molecule has 1 amide bonds. The van der Waals surface area contributed by atoms with E-state index in [0.717, 1.165) is 10.9 Å². The van der Waals surface area contributed by atoms with E-state index in [2.05, 4.69) is 20.5 Å². The van der Waals surface area contributed by atoms with Crippen molar-refractivity contribution in [1.82, 2.24) is 19.6 Å². The van der Waals surface area contributed by atoms with Crippen LogP contribution in [0.15, 0.2) is 35.6 Å². The fourth-order valence-corrected chi connectivity index (χ4v) is 4.41. The number of benzene rings is 1. The number of alkyl halides is 1. The first kappa shape index (κ1) is 19.8. The summed E-state index contributed by atoms with van der Waals surface area (Å²) in [4.78, 5) is 16.8. The number of rotatable bonds is 6. The van der Waals surface area contributed by atoms with Gasteiger partial charge in [-0.2, -0.15) is 5.10 Å². The number of hydrogen-bond acceptors (Lipinski definition) is 5. The fraction of sp³-hybridized carbons (Fsp3) is 0.286. The number of amides is 1. The van der Waals surface area contributed by atoms with E-state index in [4.69, 9.17) is 4.74 Å². The van der Waals surface area contributed by atoms with Gasteiger partial charge in [0.25, 0.3) is 0 Å². The Balaban J connectivity index is 1.60. The summed E-state index contributed by atoms with van der Waals surface area (Å²) in [5.74, 6) is -0.897. The quantitative estimate of drug-likeness (QED) is 0.431. The summed E-state index contributed by atoms with van der Waals surface area (Å²) in [6, 6.07) is 3.62. The van der Waals surface area contributed by atoms with Crippen molar-refractivity contribution >= 4 is 40.0 Å². The van der Waals surface area contributed by atoms with Crippen molar-refractivity contribution in [2.45, 2.75) is 24.4 Å². The Bertz CT molecular complexity index is 1320. The van der Waals surface area contributed by atoms with Crippen LogP contribution < -0.4 is 10.1 Å². The lowest BCUT2D eigenvalue weighted by molar-refractivity contribution is -0.117. The van der Waals surface area contributed by atoms with Gasteiger partial charge in [0.15, 0.2) is 17.4 Å². The van der Waals surface area contributed by atoms with Crippen molar-refractivity contribution in [3.63, 3.8) is 0 Å². The lowest BCUT2D eigenvalue weighted by Crippen LogP contribution is -2.15. The number of fused-ring (bicyclic) bond motifs is 2. The van der Waals surface area contributed by atoms with Gasteiger partial charge >= 0.3 is 0 Å². The van der Waals surface area contributed by atoms with Crippen LogP contribution in [0.5, 0.6) is 5.75 Å². The lowest BCUT2D eigenvalue weighted by Gasteiger charge is -2.15. The molecule has 4 aromatic rings. The second kappa shape index (κ2) is 7.52. The maximum Gasteiger partial charge on any atom is 0.231 e. The number of anilines is 1. The zero-order chi connectivity index (χ0) is 21.7. The Morgan fingerprint density at radius 2 is 2.23 bits per heavy atom. The van der Waals surface area contributed by atoms with Crippen LogP contribution in [-0.4, -0.2) is 44.5 Å². The molecule has 1 aliphatic rings. The van der Waals surface area contributed by atoms with Crippen LogP contribution in [0.2, 0.25) is 0 Å². The van der Waals surface area contributed by atoms with Gasteiger partial charge in [0.1, 0.15) is 17.3 Å². The van der Waals surface area contributed by atoms with Crippen LogP contribution in [-0.2, 0) is 4.79 Å². The number of aromatic amines is 1. The molecular weight excluding hydrogens is 424 g/mol. The molecule has 1 aliphatic carbocycles. The number of hydrogen-bond donors (Lipinski definition) is 2. The minimum Gasteiger partial charge on any atom is -0.489 e. The molecule has 5 rings (SSSR count). The average Bonchev–Trinajstić information content (AvgIpc) is 3.13. The summed E-state index contributed by atoms with van der Waals surface area (Å²) in [6.07, 6.45) is 6.12. The Morgan fingerprint density at radius 3 is 2.94 bits per heavy atom. The zero-order valence-corrected chi connectivity index (χ0v) is 17.6. The highest BCUT2D eigenvalue weighted by molar-refractivity contribution is 7.98. The van der Waals surface area contributed by atoms with Gasteiger partial charge in [-0.3, -0.25) is 9.89 Å². The predicted octanol–water partition coefficient (Wildman–Crippen LogP) is 4.43. The molecule has 0 unspecified atom stereocenters. The third-order valence-electron chi connectivity index (χ3n) is 5.29. The molecule has 10 heteroatoms. The van der Waals surface area contributed by atoms with Gasteiger partial charge < -0.3 is 14.5 Å². The van der Waals surface area contributed by atoms with E-state index >= 15 is 4.39 Å². The molecule has 0 aliphatic heterocycles. The van der Waals surface area contributed by atoms with Crippen molar-refractivity contribution in [2.24, 2.45) is 5.92 Å². The van der Waals surface area contributed by atoms with E-state index in [-0.39, 0.29) is 18.1 Å². The average molecular weight is 443 g/mol. The number of nitrogens with one attached hydrogen (secondary N) is 2. The molecule has 1 saturated carbocycles. The highest BCUT2D eigenvalue weighted by Gasteiger charge is 2.43. The Hall–Kier alpha value is -3.14. The third-order valence-corrected chi connectivity index (χ3v) is 6.09. The molecule has 1 aromatic carbocycles. The van der Waals surface area contributed by atoms with Crippen molar-refractivity contribution in [3.8, 4) is 16.9 Å². The van der Waals surface area contributed by atoms with E-state index in [1.165, 1.54) is 11.8 Å². The van der Waals surface area contributed by atoms with Gasteiger partial charge in [0, 0.05) is 22.7 Å². The minimum absolute atomic E-state index is 0.156. The second-order valence-electron chi connectivity index (χ2n) is 7.30. The number of carbonyl (C=O) groups is 1. The molecule has 0 spiro atoms. The number of halogens is 2. The molecule has 0 saturated heterocycles. The first-order chi connectivity index (χ1) is 15.0. The molecule has 0 bridgehead atoms. The molecule has 3 heterocycles. The number of imidazole rings is 1. The predicted molar refractivity (Wildman–Crippen MR) is 115 cm³/mol. The largest absolute Gasteiger partial charge is 0.489 e. The summed E-state index contributed by atoms with van der Waals surface area (Å²) < 4.78 is 35.7. The van der Waals surface area contributed by atoms with Crippen LogP contribution >= 0.6 is 11.8 Å². The summed E-state index contributed by atoms with van der Waals surface area (Å²) in [6.45, 7) is 2.13. The van der Waals surface area contributed by atoms with Crippen molar-refractivity contribution in [3.05, 3.63) is 36.5 Å². The van der Waals surface area contributed by atoms with Crippen molar-refractivity contribution in [1.29, 1.82) is 0 Å². The monoisotopic (exact) mass is 443 g/mol. The molecule has 2 atom stereocenters. The Morgan fingerprint density at radius 1 is 1.42 bits per heavy atom. The SMILES string of the molecule is CCOc1c(F)c(SC)c(-c2ccc3nc(NC(=O)[C@@H]4C[C@@H]4F)cn3c2)c2cn[nH]c12. The number of ether oxygens (including phenoxy) is 1. The topological polar surface area (TPSA) is 84.3 Å².